The smallest absolute Gasteiger partial charge is 0.394 e. The van der Waals surface area contributed by atoms with Crippen molar-refractivity contribution in [3.63, 3.8) is 0 Å². The van der Waals surface area contributed by atoms with E-state index in [1.165, 1.54) is 11.3 Å². The van der Waals surface area contributed by atoms with Gasteiger partial charge < -0.3 is 15.3 Å². The number of aliphatic carboxylic acids is 1. The predicted octanol–water partition coefficient (Wildman–Crippen LogP) is 1.59. The van der Waals surface area contributed by atoms with Gasteiger partial charge in [-0.3, -0.25) is 14.4 Å². The number of carboxylic acids is 1. The lowest BCUT2D eigenvalue weighted by Gasteiger charge is -2.18. The Kier molecular flexibility index (Phi) is 5.47. The Balaban J connectivity index is 1.86. The molecular weight excluding hydrogens is 349 g/mol. The van der Waals surface area contributed by atoms with E-state index in [0.717, 1.165) is 4.90 Å². The van der Waals surface area contributed by atoms with Gasteiger partial charge in [0.2, 0.25) is 5.91 Å². The number of amides is 2. The number of thiophene rings is 1. The Morgan fingerprint density at radius 1 is 1.33 bits per heavy atom. The number of nitrogens with zero attached hydrogens (tertiary/aromatic N) is 1. The SMILES string of the molecule is O=C(NCCC(=O)N1C[C@@H](C(F)(F)F)[C@H](C(=O)O)C1)c1ccsc1. The van der Waals surface area contributed by atoms with Crippen LogP contribution in [-0.2, 0) is 9.59 Å². The third-order valence-corrected chi connectivity index (χ3v) is 4.50. The molecule has 24 heavy (non-hydrogen) atoms. The van der Waals surface area contributed by atoms with Crippen LogP contribution in [0.2, 0.25) is 0 Å². The van der Waals surface area contributed by atoms with Crippen molar-refractivity contribution in [3.8, 4) is 0 Å². The van der Waals surface area contributed by atoms with Crippen molar-refractivity contribution in [2.75, 3.05) is 19.6 Å². The summed E-state index contributed by atoms with van der Waals surface area (Å²) in [6, 6.07) is 1.60. The first kappa shape index (κ1) is 18.2. The van der Waals surface area contributed by atoms with Crippen LogP contribution in [0, 0.1) is 11.8 Å². The lowest BCUT2D eigenvalue weighted by molar-refractivity contribution is -0.188. The normalized spacial score (nSPS) is 20.9. The summed E-state index contributed by atoms with van der Waals surface area (Å²) < 4.78 is 38.6. The number of likely N-dealkylation sites (tertiary alicyclic amines) is 1. The van der Waals surface area contributed by atoms with E-state index < -0.39 is 43.0 Å². The van der Waals surface area contributed by atoms with Crippen LogP contribution in [0.4, 0.5) is 13.2 Å². The number of hydrogen-bond donors (Lipinski definition) is 2. The Bertz CT molecular complexity index is 618. The second-order valence-electron chi connectivity index (χ2n) is 5.41. The first-order chi connectivity index (χ1) is 11.2. The van der Waals surface area contributed by atoms with Crippen LogP contribution in [0.25, 0.3) is 0 Å². The van der Waals surface area contributed by atoms with Crippen LogP contribution in [0.5, 0.6) is 0 Å². The zero-order valence-corrected chi connectivity index (χ0v) is 13.2. The summed E-state index contributed by atoms with van der Waals surface area (Å²) in [5.41, 5.74) is 0.441. The molecule has 2 N–H and O–H groups in total. The maximum atomic E-state index is 12.9. The van der Waals surface area contributed by atoms with Gasteiger partial charge in [-0.05, 0) is 11.4 Å². The van der Waals surface area contributed by atoms with Gasteiger partial charge in [0.05, 0.1) is 11.8 Å². The van der Waals surface area contributed by atoms with Gasteiger partial charge in [-0.25, -0.2) is 0 Å². The monoisotopic (exact) mass is 364 g/mol. The van der Waals surface area contributed by atoms with Crippen LogP contribution < -0.4 is 5.32 Å². The van der Waals surface area contributed by atoms with Crippen molar-refractivity contribution < 1.29 is 32.7 Å². The maximum Gasteiger partial charge on any atom is 0.394 e. The Hall–Kier alpha value is -2.10. The number of hydrogen-bond acceptors (Lipinski definition) is 4. The fraction of sp³-hybridized carbons (Fsp3) is 0.500. The molecule has 2 rings (SSSR count). The highest BCUT2D eigenvalue weighted by molar-refractivity contribution is 7.08. The van der Waals surface area contributed by atoms with Crippen molar-refractivity contribution in [2.45, 2.75) is 12.6 Å². The maximum absolute atomic E-state index is 12.9. The molecule has 2 heterocycles. The molecular formula is C14H15F3N2O4S. The van der Waals surface area contributed by atoms with E-state index in [9.17, 15) is 27.6 Å². The summed E-state index contributed by atoms with van der Waals surface area (Å²) in [7, 11) is 0. The van der Waals surface area contributed by atoms with E-state index >= 15 is 0 Å². The molecule has 0 saturated carbocycles. The van der Waals surface area contributed by atoms with Crippen LogP contribution in [-0.4, -0.2) is 53.6 Å². The second kappa shape index (κ2) is 7.20. The minimum Gasteiger partial charge on any atom is -0.481 e. The number of carbonyl (C=O) groups excluding carboxylic acids is 2. The fourth-order valence-electron chi connectivity index (χ4n) is 2.53. The number of rotatable bonds is 5. The molecule has 0 spiro atoms. The second-order valence-corrected chi connectivity index (χ2v) is 6.19. The molecule has 2 atom stereocenters. The fourth-order valence-corrected chi connectivity index (χ4v) is 3.16. The molecule has 1 fully saturated rings. The molecule has 6 nitrogen and oxygen atoms in total. The number of carboxylic acid groups (broad SMARTS) is 1. The van der Waals surface area contributed by atoms with Crippen molar-refractivity contribution in [1.29, 1.82) is 0 Å². The molecule has 0 bridgehead atoms. The quantitative estimate of drug-likeness (QED) is 0.831. The summed E-state index contributed by atoms with van der Waals surface area (Å²) in [5, 5.41) is 14.7. The Morgan fingerprint density at radius 3 is 2.54 bits per heavy atom. The van der Waals surface area contributed by atoms with E-state index in [1.807, 2.05) is 0 Å². The number of carbonyl (C=O) groups is 3. The highest BCUT2D eigenvalue weighted by Gasteiger charge is 2.53. The van der Waals surface area contributed by atoms with E-state index in [-0.39, 0.29) is 18.9 Å². The minimum absolute atomic E-state index is 0.0293. The van der Waals surface area contributed by atoms with Gasteiger partial charge in [-0.15, -0.1) is 0 Å². The molecule has 1 aliphatic heterocycles. The topological polar surface area (TPSA) is 86.7 Å². The van der Waals surface area contributed by atoms with Crippen LogP contribution in [0.1, 0.15) is 16.8 Å². The molecule has 1 aromatic heterocycles. The van der Waals surface area contributed by atoms with Gasteiger partial charge in [0, 0.05) is 37.0 Å². The molecule has 0 aliphatic carbocycles. The van der Waals surface area contributed by atoms with E-state index in [1.54, 1.807) is 16.8 Å². The summed E-state index contributed by atoms with van der Waals surface area (Å²) in [5.74, 6) is -6.28. The first-order valence-corrected chi connectivity index (χ1v) is 8.02. The third-order valence-electron chi connectivity index (χ3n) is 3.82. The molecule has 0 aromatic carbocycles. The summed E-state index contributed by atoms with van der Waals surface area (Å²) in [6.07, 6.45) is -4.86. The summed E-state index contributed by atoms with van der Waals surface area (Å²) in [4.78, 5) is 35.5. The standard InChI is InChI=1S/C14H15F3N2O4S/c15-14(16,17)10-6-19(5-9(10)13(22)23)11(20)1-3-18-12(21)8-2-4-24-7-8/h2,4,7,9-10H,1,3,5-6H2,(H,18,21)(H,22,23)/t9-,10-/m1/s1. The third kappa shape index (κ3) is 4.25. The largest absolute Gasteiger partial charge is 0.481 e. The summed E-state index contributed by atoms with van der Waals surface area (Å²) >= 11 is 1.34. The first-order valence-electron chi connectivity index (χ1n) is 7.08. The Labute approximate surface area is 139 Å². The molecule has 132 valence electrons. The van der Waals surface area contributed by atoms with Crippen molar-refractivity contribution in [1.82, 2.24) is 10.2 Å². The van der Waals surface area contributed by atoms with Gasteiger partial charge in [0.25, 0.3) is 5.91 Å². The summed E-state index contributed by atoms with van der Waals surface area (Å²) in [6.45, 7) is -1.17. The van der Waals surface area contributed by atoms with Gasteiger partial charge >= 0.3 is 12.1 Å². The van der Waals surface area contributed by atoms with Crippen LogP contribution >= 0.6 is 11.3 Å². The van der Waals surface area contributed by atoms with Crippen molar-refractivity contribution in [3.05, 3.63) is 22.4 Å². The van der Waals surface area contributed by atoms with Crippen molar-refractivity contribution in [2.24, 2.45) is 11.8 Å². The number of alkyl halides is 3. The molecule has 1 saturated heterocycles. The number of halogens is 3. The van der Waals surface area contributed by atoms with Gasteiger partial charge in [-0.2, -0.15) is 24.5 Å². The lowest BCUT2D eigenvalue weighted by atomic mass is 9.96. The molecule has 1 aliphatic rings. The zero-order valence-electron chi connectivity index (χ0n) is 12.4. The highest BCUT2D eigenvalue weighted by Crippen LogP contribution is 2.37. The Morgan fingerprint density at radius 2 is 2.04 bits per heavy atom. The highest BCUT2D eigenvalue weighted by atomic mass is 32.1. The lowest BCUT2D eigenvalue weighted by Crippen LogP contribution is -2.35. The molecule has 2 amide bonds. The molecule has 0 unspecified atom stereocenters. The molecule has 10 heteroatoms. The van der Waals surface area contributed by atoms with Gasteiger partial charge in [0.15, 0.2) is 0 Å². The zero-order chi connectivity index (χ0) is 17.9. The van der Waals surface area contributed by atoms with E-state index in [4.69, 9.17) is 5.11 Å². The number of nitrogens with one attached hydrogen (secondary N) is 1. The molecule has 1 aromatic rings. The van der Waals surface area contributed by atoms with Crippen LogP contribution in [0.15, 0.2) is 16.8 Å². The minimum atomic E-state index is -4.68. The van der Waals surface area contributed by atoms with E-state index in [2.05, 4.69) is 5.32 Å². The van der Waals surface area contributed by atoms with Gasteiger partial charge in [0.1, 0.15) is 0 Å². The van der Waals surface area contributed by atoms with Crippen molar-refractivity contribution >= 4 is 29.1 Å². The average molecular weight is 364 g/mol. The predicted molar refractivity (Wildman–Crippen MR) is 78.5 cm³/mol. The molecule has 0 radical (unpaired) electrons. The van der Waals surface area contributed by atoms with E-state index in [0.29, 0.717) is 5.56 Å². The average Bonchev–Trinajstić information content (AvgIpc) is 3.15. The van der Waals surface area contributed by atoms with Crippen LogP contribution in [0.3, 0.4) is 0 Å². The van der Waals surface area contributed by atoms with Gasteiger partial charge in [-0.1, -0.05) is 0 Å².